The molecule has 5 heteroatoms. The highest BCUT2D eigenvalue weighted by molar-refractivity contribution is 5.49. The molecule has 0 aliphatic heterocycles. The van der Waals surface area contributed by atoms with E-state index in [2.05, 4.69) is 4.98 Å². The van der Waals surface area contributed by atoms with Gasteiger partial charge in [-0.3, -0.25) is 0 Å². The normalized spacial score (nSPS) is 10.1. The summed E-state index contributed by atoms with van der Waals surface area (Å²) in [5.41, 5.74) is 6.52. The summed E-state index contributed by atoms with van der Waals surface area (Å²) in [4.78, 5) is 4.04. The van der Waals surface area contributed by atoms with Gasteiger partial charge in [-0.1, -0.05) is 18.2 Å². The topological polar surface area (TPSA) is 57.4 Å². The number of anilines is 1. The lowest BCUT2D eigenvalue weighted by Gasteiger charge is -2.08. The van der Waals surface area contributed by atoms with Crippen LogP contribution in [0, 0.1) is 5.82 Å². The Hall–Kier alpha value is -2.30. The van der Waals surface area contributed by atoms with Gasteiger partial charge in [-0.25, -0.2) is 4.39 Å². The average Bonchev–Trinajstić information content (AvgIpc) is 2.39. The Morgan fingerprint density at radius 2 is 2.00 bits per heavy atom. The molecule has 1 aromatic carbocycles. The van der Waals surface area contributed by atoms with Crippen LogP contribution >= 0.6 is 0 Å². The minimum atomic E-state index is -0.306. The zero-order valence-corrected chi connectivity index (χ0v) is 9.89. The molecule has 2 rings (SSSR count). The van der Waals surface area contributed by atoms with Crippen molar-refractivity contribution < 1.29 is 13.9 Å². The largest absolute Gasteiger partial charge is 0.479 e. The van der Waals surface area contributed by atoms with Crippen LogP contribution < -0.4 is 15.2 Å². The Balaban J connectivity index is 2.09. The first kappa shape index (κ1) is 12.2. The maximum Gasteiger partial charge on any atom is 0.240 e. The first-order valence-corrected chi connectivity index (χ1v) is 5.37. The highest BCUT2D eigenvalue weighted by atomic mass is 19.1. The van der Waals surface area contributed by atoms with Gasteiger partial charge in [-0.05, 0) is 12.1 Å². The van der Waals surface area contributed by atoms with Crippen molar-refractivity contribution in [1.82, 2.24) is 4.98 Å². The van der Waals surface area contributed by atoms with Crippen LogP contribution in [-0.2, 0) is 6.61 Å². The quantitative estimate of drug-likeness (QED) is 0.902. The Bertz CT molecular complexity index is 546. The molecule has 0 aliphatic rings. The van der Waals surface area contributed by atoms with Gasteiger partial charge in [0.05, 0.1) is 12.8 Å². The smallest absolute Gasteiger partial charge is 0.240 e. The molecule has 18 heavy (non-hydrogen) atoms. The summed E-state index contributed by atoms with van der Waals surface area (Å²) in [7, 11) is 1.47. The molecule has 4 nitrogen and oxygen atoms in total. The second-order valence-corrected chi connectivity index (χ2v) is 3.63. The molecule has 2 N–H and O–H groups in total. The molecular weight excluding hydrogens is 235 g/mol. The van der Waals surface area contributed by atoms with Crippen LogP contribution in [0.3, 0.4) is 0 Å². The van der Waals surface area contributed by atoms with E-state index in [1.807, 2.05) is 0 Å². The number of methoxy groups -OCH3 is 1. The zero-order valence-electron chi connectivity index (χ0n) is 9.89. The second kappa shape index (κ2) is 5.35. The molecule has 0 fully saturated rings. The molecular formula is C13H13FN2O2. The summed E-state index contributed by atoms with van der Waals surface area (Å²) >= 11 is 0. The highest BCUT2D eigenvalue weighted by Crippen LogP contribution is 2.22. The van der Waals surface area contributed by atoms with E-state index in [9.17, 15) is 4.39 Å². The number of halogens is 1. The van der Waals surface area contributed by atoms with Crippen molar-refractivity contribution in [3.05, 3.63) is 47.8 Å². The average molecular weight is 248 g/mol. The van der Waals surface area contributed by atoms with E-state index in [-0.39, 0.29) is 12.4 Å². The number of aromatic nitrogens is 1. The number of ether oxygens (including phenoxy) is 2. The van der Waals surface area contributed by atoms with E-state index in [0.29, 0.717) is 23.0 Å². The lowest BCUT2D eigenvalue weighted by molar-refractivity contribution is 0.282. The number of hydrogen-bond acceptors (Lipinski definition) is 4. The summed E-state index contributed by atoms with van der Waals surface area (Å²) in [6, 6.07) is 9.66. The number of benzene rings is 1. The lowest BCUT2D eigenvalue weighted by Crippen LogP contribution is -2.02. The van der Waals surface area contributed by atoms with Crippen molar-refractivity contribution in [1.29, 1.82) is 0 Å². The molecule has 0 bridgehead atoms. The van der Waals surface area contributed by atoms with Gasteiger partial charge in [-0.15, -0.1) is 0 Å². The fourth-order valence-electron chi connectivity index (χ4n) is 1.45. The molecule has 0 saturated heterocycles. The van der Waals surface area contributed by atoms with Crippen LogP contribution in [0.15, 0.2) is 36.4 Å². The second-order valence-electron chi connectivity index (χ2n) is 3.63. The van der Waals surface area contributed by atoms with Crippen LogP contribution in [0.2, 0.25) is 0 Å². The van der Waals surface area contributed by atoms with Crippen molar-refractivity contribution in [2.75, 3.05) is 12.8 Å². The van der Waals surface area contributed by atoms with Crippen molar-refractivity contribution in [2.24, 2.45) is 0 Å². The van der Waals surface area contributed by atoms with Crippen LogP contribution in [0.5, 0.6) is 11.8 Å². The van der Waals surface area contributed by atoms with E-state index >= 15 is 0 Å². The molecule has 1 heterocycles. The zero-order chi connectivity index (χ0) is 13.0. The molecule has 0 unspecified atom stereocenters. The van der Waals surface area contributed by atoms with Crippen LogP contribution in [0.1, 0.15) is 5.56 Å². The number of nitrogen functional groups attached to an aromatic ring is 1. The van der Waals surface area contributed by atoms with Gasteiger partial charge in [0.1, 0.15) is 12.4 Å². The molecule has 0 atom stereocenters. The third-order valence-corrected chi connectivity index (χ3v) is 2.39. The molecule has 94 valence electrons. The van der Waals surface area contributed by atoms with E-state index in [1.165, 1.54) is 13.2 Å². The SMILES string of the molecule is COc1nc(OCc2ccccc2F)ccc1N. The van der Waals surface area contributed by atoms with Gasteiger partial charge in [0.2, 0.25) is 11.8 Å². The third-order valence-electron chi connectivity index (χ3n) is 2.39. The summed E-state index contributed by atoms with van der Waals surface area (Å²) in [6.45, 7) is 0.104. The van der Waals surface area contributed by atoms with Crippen molar-refractivity contribution >= 4 is 5.69 Å². The fraction of sp³-hybridized carbons (Fsp3) is 0.154. The minimum Gasteiger partial charge on any atom is -0.479 e. The van der Waals surface area contributed by atoms with Crippen molar-refractivity contribution in [3.8, 4) is 11.8 Å². The monoisotopic (exact) mass is 248 g/mol. The first-order valence-electron chi connectivity index (χ1n) is 5.37. The van der Waals surface area contributed by atoms with Gasteiger partial charge in [0.15, 0.2) is 0 Å². The summed E-state index contributed by atoms with van der Waals surface area (Å²) < 4.78 is 23.7. The molecule has 0 spiro atoms. The van der Waals surface area contributed by atoms with Gasteiger partial charge in [-0.2, -0.15) is 4.98 Å². The summed E-state index contributed by atoms with van der Waals surface area (Å²) in [5.74, 6) is 0.324. The lowest BCUT2D eigenvalue weighted by atomic mass is 10.2. The Kier molecular flexibility index (Phi) is 3.62. The van der Waals surface area contributed by atoms with Crippen LogP contribution in [0.25, 0.3) is 0 Å². The van der Waals surface area contributed by atoms with Gasteiger partial charge in [0, 0.05) is 11.6 Å². The van der Waals surface area contributed by atoms with Crippen LogP contribution in [-0.4, -0.2) is 12.1 Å². The fourth-order valence-corrected chi connectivity index (χ4v) is 1.45. The third kappa shape index (κ3) is 2.68. The Labute approximate surface area is 104 Å². The standard InChI is InChI=1S/C13H13FN2O2/c1-17-13-11(15)6-7-12(16-13)18-8-9-4-2-3-5-10(9)14/h2-7H,8,15H2,1H3. The maximum atomic E-state index is 13.4. The molecule has 0 saturated carbocycles. The molecule has 0 amide bonds. The molecule has 0 aliphatic carbocycles. The predicted molar refractivity (Wildman–Crippen MR) is 65.9 cm³/mol. The van der Waals surface area contributed by atoms with Gasteiger partial charge < -0.3 is 15.2 Å². The highest BCUT2D eigenvalue weighted by Gasteiger charge is 2.05. The Morgan fingerprint density at radius 3 is 2.72 bits per heavy atom. The van der Waals surface area contributed by atoms with E-state index in [4.69, 9.17) is 15.2 Å². The van der Waals surface area contributed by atoms with E-state index in [1.54, 1.807) is 30.3 Å². The molecule has 1 aromatic heterocycles. The predicted octanol–water partition coefficient (Wildman–Crippen LogP) is 2.39. The van der Waals surface area contributed by atoms with Crippen LogP contribution in [0.4, 0.5) is 10.1 Å². The van der Waals surface area contributed by atoms with Crippen molar-refractivity contribution in [2.45, 2.75) is 6.61 Å². The van der Waals surface area contributed by atoms with E-state index < -0.39 is 0 Å². The minimum absolute atomic E-state index is 0.104. The van der Waals surface area contributed by atoms with Crippen molar-refractivity contribution in [3.63, 3.8) is 0 Å². The number of rotatable bonds is 4. The number of hydrogen-bond donors (Lipinski definition) is 1. The first-order chi connectivity index (χ1) is 8.70. The van der Waals surface area contributed by atoms with Gasteiger partial charge >= 0.3 is 0 Å². The summed E-state index contributed by atoms with van der Waals surface area (Å²) in [5, 5.41) is 0. The number of nitrogens with zero attached hydrogens (tertiary/aromatic N) is 1. The van der Waals surface area contributed by atoms with E-state index in [0.717, 1.165) is 0 Å². The number of pyridine rings is 1. The van der Waals surface area contributed by atoms with Gasteiger partial charge in [0.25, 0.3) is 0 Å². The molecule has 0 radical (unpaired) electrons. The summed E-state index contributed by atoms with van der Waals surface area (Å²) in [6.07, 6.45) is 0. The molecule has 2 aromatic rings. The number of nitrogens with two attached hydrogens (primary N) is 1. The maximum absolute atomic E-state index is 13.4. The Morgan fingerprint density at radius 1 is 1.22 bits per heavy atom.